The molecular formula is C8H9FN4. The van der Waals surface area contributed by atoms with Crippen LogP contribution in [0.15, 0.2) is 12.4 Å². The van der Waals surface area contributed by atoms with Crippen molar-refractivity contribution >= 4 is 5.82 Å². The molecule has 1 heterocycles. The predicted octanol–water partition coefficient (Wildman–Crippen LogP) is 0.966. The molecule has 0 fully saturated rings. The van der Waals surface area contributed by atoms with Crippen LogP contribution >= 0.6 is 0 Å². The molecule has 0 aromatic carbocycles. The van der Waals surface area contributed by atoms with E-state index in [2.05, 4.69) is 9.97 Å². The van der Waals surface area contributed by atoms with Crippen LogP contribution in [0.1, 0.15) is 6.42 Å². The lowest BCUT2D eigenvalue weighted by Gasteiger charge is -2.15. The highest BCUT2D eigenvalue weighted by molar-refractivity contribution is 5.35. The molecule has 0 saturated carbocycles. The maximum absolute atomic E-state index is 12.6. The molecule has 68 valence electrons. The zero-order valence-corrected chi connectivity index (χ0v) is 7.24. The number of rotatable bonds is 3. The molecule has 4 nitrogen and oxygen atoms in total. The standard InChI is InChI=1S/C8H9FN4/c1-13(4-2-3-10)8-5-7(9)11-6-12-8/h5-6H,2,4H2,1H3. The van der Waals surface area contributed by atoms with Crippen molar-refractivity contribution in [3.05, 3.63) is 18.3 Å². The van der Waals surface area contributed by atoms with E-state index in [1.807, 2.05) is 6.07 Å². The summed E-state index contributed by atoms with van der Waals surface area (Å²) in [6.07, 6.45) is 1.55. The number of aromatic nitrogens is 2. The monoisotopic (exact) mass is 180 g/mol. The van der Waals surface area contributed by atoms with Crippen molar-refractivity contribution in [1.82, 2.24) is 9.97 Å². The van der Waals surface area contributed by atoms with Gasteiger partial charge in [0.05, 0.1) is 12.5 Å². The summed E-state index contributed by atoms with van der Waals surface area (Å²) in [6.45, 7) is 0.535. The average Bonchev–Trinajstić information content (AvgIpc) is 2.14. The van der Waals surface area contributed by atoms with E-state index in [1.165, 1.54) is 6.07 Å². The van der Waals surface area contributed by atoms with Gasteiger partial charge in [0.15, 0.2) is 0 Å². The largest absolute Gasteiger partial charge is 0.358 e. The predicted molar refractivity (Wildman–Crippen MR) is 45.5 cm³/mol. The summed E-state index contributed by atoms with van der Waals surface area (Å²) in [5, 5.41) is 8.33. The summed E-state index contributed by atoms with van der Waals surface area (Å²) in [6, 6.07) is 3.24. The first kappa shape index (κ1) is 9.39. The third-order valence-electron chi connectivity index (χ3n) is 1.57. The van der Waals surface area contributed by atoms with Crippen LogP contribution in [-0.2, 0) is 0 Å². The van der Waals surface area contributed by atoms with Crippen molar-refractivity contribution in [1.29, 1.82) is 5.26 Å². The van der Waals surface area contributed by atoms with Gasteiger partial charge >= 0.3 is 0 Å². The Morgan fingerprint density at radius 3 is 3.00 bits per heavy atom. The molecular weight excluding hydrogens is 171 g/mol. The number of hydrogen-bond acceptors (Lipinski definition) is 4. The average molecular weight is 180 g/mol. The van der Waals surface area contributed by atoms with Gasteiger partial charge in [0.1, 0.15) is 12.1 Å². The molecule has 5 heteroatoms. The van der Waals surface area contributed by atoms with Gasteiger partial charge in [-0.2, -0.15) is 9.65 Å². The third-order valence-corrected chi connectivity index (χ3v) is 1.57. The van der Waals surface area contributed by atoms with Crippen molar-refractivity contribution in [3.63, 3.8) is 0 Å². The zero-order valence-electron chi connectivity index (χ0n) is 7.24. The van der Waals surface area contributed by atoms with Crippen LogP contribution in [0.25, 0.3) is 0 Å². The normalized spacial score (nSPS) is 9.31. The van der Waals surface area contributed by atoms with Crippen molar-refractivity contribution in [2.45, 2.75) is 6.42 Å². The Kier molecular flexibility index (Phi) is 3.15. The molecule has 1 aromatic heterocycles. The second kappa shape index (κ2) is 4.36. The number of nitriles is 1. The summed E-state index contributed by atoms with van der Waals surface area (Å²) in [5.74, 6) is -0.0726. The number of nitrogens with zero attached hydrogens (tertiary/aromatic N) is 4. The van der Waals surface area contributed by atoms with Gasteiger partial charge in [0.2, 0.25) is 5.95 Å². The quantitative estimate of drug-likeness (QED) is 0.650. The summed E-state index contributed by atoms with van der Waals surface area (Å²) in [4.78, 5) is 8.89. The summed E-state index contributed by atoms with van der Waals surface area (Å²) < 4.78 is 12.6. The summed E-state index contributed by atoms with van der Waals surface area (Å²) in [7, 11) is 1.75. The van der Waals surface area contributed by atoms with Crippen molar-refractivity contribution in [3.8, 4) is 6.07 Å². The van der Waals surface area contributed by atoms with E-state index in [-0.39, 0.29) is 0 Å². The van der Waals surface area contributed by atoms with Crippen molar-refractivity contribution in [2.75, 3.05) is 18.5 Å². The van der Waals surface area contributed by atoms with Crippen LogP contribution in [-0.4, -0.2) is 23.6 Å². The highest BCUT2D eigenvalue weighted by Gasteiger charge is 2.02. The number of halogens is 1. The third kappa shape index (κ3) is 2.67. The van der Waals surface area contributed by atoms with E-state index in [1.54, 1.807) is 11.9 Å². The number of hydrogen-bond donors (Lipinski definition) is 0. The lowest BCUT2D eigenvalue weighted by molar-refractivity contribution is 0.578. The Hall–Kier alpha value is -1.70. The topological polar surface area (TPSA) is 52.8 Å². The molecule has 0 unspecified atom stereocenters. The summed E-state index contributed by atoms with van der Waals surface area (Å²) in [5.41, 5.74) is 0. The Morgan fingerprint density at radius 2 is 2.38 bits per heavy atom. The minimum Gasteiger partial charge on any atom is -0.358 e. The van der Waals surface area contributed by atoms with Crippen LogP contribution in [0.3, 0.4) is 0 Å². The van der Waals surface area contributed by atoms with Gasteiger partial charge in [-0.15, -0.1) is 0 Å². The van der Waals surface area contributed by atoms with Gasteiger partial charge < -0.3 is 4.90 Å². The SMILES string of the molecule is CN(CCC#N)c1cc(F)ncn1. The molecule has 1 aromatic rings. The Balaban J connectivity index is 2.66. The van der Waals surface area contributed by atoms with Gasteiger partial charge in [0, 0.05) is 19.7 Å². The lowest BCUT2D eigenvalue weighted by atomic mass is 10.4. The molecule has 13 heavy (non-hydrogen) atoms. The fourth-order valence-electron chi connectivity index (χ4n) is 0.865. The van der Waals surface area contributed by atoms with Crippen LogP contribution in [0, 0.1) is 17.3 Å². The van der Waals surface area contributed by atoms with Gasteiger partial charge in [-0.3, -0.25) is 0 Å². The van der Waals surface area contributed by atoms with E-state index in [4.69, 9.17) is 5.26 Å². The molecule has 0 N–H and O–H groups in total. The van der Waals surface area contributed by atoms with Gasteiger partial charge in [0.25, 0.3) is 0 Å². The van der Waals surface area contributed by atoms with Crippen LogP contribution in [0.4, 0.5) is 10.2 Å². The molecule has 0 bridgehead atoms. The second-order valence-corrected chi connectivity index (χ2v) is 2.53. The maximum Gasteiger partial charge on any atom is 0.218 e. The van der Waals surface area contributed by atoms with Crippen molar-refractivity contribution < 1.29 is 4.39 Å². The Morgan fingerprint density at radius 1 is 1.62 bits per heavy atom. The first-order chi connectivity index (χ1) is 6.24. The van der Waals surface area contributed by atoms with E-state index in [9.17, 15) is 4.39 Å². The fraction of sp³-hybridized carbons (Fsp3) is 0.375. The molecule has 0 amide bonds. The first-order valence-corrected chi connectivity index (χ1v) is 3.79. The molecule has 0 spiro atoms. The maximum atomic E-state index is 12.6. The van der Waals surface area contributed by atoms with Gasteiger partial charge in [-0.05, 0) is 0 Å². The van der Waals surface area contributed by atoms with Crippen molar-refractivity contribution in [2.24, 2.45) is 0 Å². The second-order valence-electron chi connectivity index (χ2n) is 2.53. The van der Waals surface area contributed by atoms with Crippen LogP contribution in [0.5, 0.6) is 0 Å². The molecule has 0 saturated heterocycles. The highest BCUT2D eigenvalue weighted by Crippen LogP contribution is 2.07. The first-order valence-electron chi connectivity index (χ1n) is 3.79. The van der Waals surface area contributed by atoms with E-state index < -0.39 is 5.95 Å². The molecule has 1 rings (SSSR count). The molecule has 0 aliphatic rings. The van der Waals surface area contributed by atoms with Gasteiger partial charge in [-0.25, -0.2) is 9.97 Å². The highest BCUT2D eigenvalue weighted by atomic mass is 19.1. The smallest absolute Gasteiger partial charge is 0.218 e. The van der Waals surface area contributed by atoms with E-state index in [0.29, 0.717) is 18.8 Å². The lowest BCUT2D eigenvalue weighted by Crippen LogP contribution is -2.19. The molecule has 0 atom stereocenters. The molecule has 0 radical (unpaired) electrons. The fourth-order valence-corrected chi connectivity index (χ4v) is 0.865. The van der Waals surface area contributed by atoms with Crippen LogP contribution in [0.2, 0.25) is 0 Å². The molecule has 0 aliphatic heterocycles. The number of anilines is 1. The molecule has 0 aliphatic carbocycles. The van der Waals surface area contributed by atoms with E-state index >= 15 is 0 Å². The zero-order chi connectivity index (χ0) is 9.68. The summed E-state index contributed by atoms with van der Waals surface area (Å²) >= 11 is 0. The van der Waals surface area contributed by atoms with Gasteiger partial charge in [-0.1, -0.05) is 0 Å². The van der Waals surface area contributed by atoms with Crippen LogP contribution < -0.4 is 4.90 Å². The van der Waals surface area contributed by atoms with E-state index in [0.717, 1.165) is 6.33 Å². The minimum absolute atomic E-state index is 0.391. The Bertz CT molecular complexity index is 320. The minimum atomic E-state index is -0.561. The Labute approximate surface area is 75.6 Å².